The molecule has 0 radical (unpaired) electrons. The maximum Gasteiger partial charge on any atom is 0.416 e. The number of alkyl halides is 3. The highest BCUT2D eigenvalue weighted by molar-refractivity contribution is 8.18. The first-order valence-electron chi connectivity index (χ1n) is 11.9. The summed E-state index contributed by atoms with van der Waals surface area (Å²) in [7, 11) is 0. The van der Waals surface area contributed by atoms with Gasteiger partial charge >= 0.3 is 6.18 Å². The van der Waals surface area contributed by atoms with Gasteiger partial charge in [-0.1, -0.05) is 0 Å². The molecule has 0 aliphatic carbocycles. The molecule has 2 aliphatic rings. The molecule has 3 aromatic rings. The molecule has 2 aliphatic heterocycles. The Morgan fingerprint density at radius 3 is 2.68 bits per heavy atom. The van der Waals surface area contributed by atoms with E-state index >= 15 is 0 Å². The molecule has 0 saturated carbocycles. The van der Waals surface area contributed by atoms with E-state index in [-0.39, 0.29) is 17.1 Å². The maximum atomic E-state index is 13.4. The predicted octanol–water partition coefficient (Wildman–Crippen LogP) is 3.61. The summed E-state index contributed by atoms with van der Waals surface area (Å²) in [5.41, 5.74) is 0.810. The number of thioether (sulfide) groups is 1. The van der Waals surface area contributed by atoms with Crippen molar-refractivity contribution in [2.45, 2.75) is 25.6 Å². The van der Waals surface area contributed by atoms with Gasteiger partial charge in [-0.2, -0.15) is 18.3 Å². The topological polar surface area (TPSA) is 129 Å². The maximum absolute atomic E-state index is 13.4. The van der Waals surface area contributed by atoms with Crippen molar-refractivity contribution in [2.24, 2.45) is 5.92 Å². The normalized spacial score (nSPS) is 17.9. The lowest BCUT2D eigenvalue weighted by Gasteiger charge is -2.32. The fourth-order valence-corrected chi connectivity index (χ4v) is 4.94. The number of aromatic nitrogens is 5. The molecular formula is C24H23F3N8O2S. The highest BCUT2D eigenvalue weighted by Gasteiger charge is 2.32. The molecule has 5 rings (SSSR count). The van der Waals surface area contributed by atoms with Gasteiger partial charge in [0, 0.05) is 37.6 Å². The Morgan fingerprint density at radius 1 is 1.18 bits per heavy atom. The summed E-state index contributed by atoms with van der Waals surface area (Å²) in [5, 5.41) is 11.5. The fraction of sp³-hybridized carbons (Fsp3) is 0.333. The van der Waals surface area contributed by atoms with Crippen molar-refractivity contribution in [3.8, 4) is 11.3 Å². The first-order chi connectivity index (χ1) is 18.2. The molecule has 2 saturated heterocycles. The van der Waals surface area contributed by atoms with Crippen LogP contribution in [0.4, 0.5) is 23.9 Å². The van der Waals surface area contributed by atoms with E-state index < -0.39 is 22.9 Å². The number of hydrogen-bond acceptors (Lipinski definition) is 9. The molecule has 0 spiro atoms. The number of nitrogens with one attached hydrogen (secondary N) is 3. The Hall–Kier alpha value is -3.78. The molecule has 0 unspecified atom stereocenters. The number of carbonyl (C=O) groups is 2. The zero-order valence-corrected chi connectivity index (χ0v) is 20.8. The highest BCUT2D eigenvalue weighted by atomic mass is 32.2. The number of nitrogens with zero attached hydrogens (tertiary/aromatic N) is 5. The Morgan fingerprint density at radius 2 is 2.00 bits per heavy atom. The number of imide groups is 1. The van der Waals surface area contributed by atoms with Crippen LogP contribution in [0.3, 0.4) is 0 Å². The van der Waals surface area contributed by atoms with Crippen LogP contribution in [-0.4, -0.2) is 55.9 Å². The summed E-state index contributed by atoms with van der Waals surface area (Å²) in [4.78, 5) is 38.7. The summed E-state index contributed by atoms with van der Waals surface area (Å²) in [6, 6.07) is 3.77. The number of amides is 2. The van der Waals surface area contributed by atoms with Crippen molar-refractivity contribution < 1.29 is 22.8 Å². The van der Waals surface area contributed by atoms with Crippen molar-refractivity contribution in [1.29, 1.82) is 0 Å². The Balaban J connectivity index is 1.16. The van der Waals surface area contributed by atoms with E-state index in [9.17, 15) is 22.8 Å². The summed E-state index contributed by atoms with van der Waals surface area (Å²) in [6.07, 6.45) is 3.35. The van der Waals surface area contributed by atoms with Gasteiger partial charge in [0.1, 0.15) is 0 Å². The van der Waals surface area contributed by atoms with Crippen LogP contribution in [0.5, 0.6) is 0 Å². The molecule has 0 atom stereocenters. The van der Waals surface area contributed by atoms with Crippen LogP contribution < -0.4 is 15.5 Å². The van der Waals surface area contributed by atoms with E-state index in [1.807, 2.05) is 0 Å². The van der Waals surface area contributed by atoms with Crippen LogP contribution in [0.25, 0.3) is 17.3 Å². The van der Waals surface area contributed by atoms with Crippen molar-refractivity contribution in [3.05, 3.63) is 58.6 Å². The summed E-state index contributed by atoms with van der Waals surface area (Å²) >= 11 is 0.834. The first-order valence-corrected chi connectivity index (χ1v) is 12.7. The van der Waals surface area contributed by atoms with Crippen molar-refractivity contribution in [1.82, 2.24) is 35.8 Å². The number of pyridine rings is 1. The van der Waals surface area contributed by atoms with Crippen LogP contribution in [0, 0.1) is 5.92 Å². The molecule has 5 heterocycles. The van der Waals surface area contributed by atoms with Gasteiger partial charge < -0.3 is 10.2 Å². The van der Waals surface area contributed by atoms with Crippen LogP contribution >= 0.6 is 11.8 Å². The third kappa shape index (κ3) is 6.19. The molecule has 0 bridgehead atoms. The number of halogens is 3. The van der Waals surface area contributed by atoms with Gasteiger partial charge in [-0.3, -0.25) is 25.0 Å². The van der Waals surface area contributed by atoms with Gasteiger partial charge in [0.05, 0.1) is 33.7 Å². The number of hydrogen-bond donors (Lipinski definition) is 3. The second-order valence-corrected chi connectivity index (χ2v) is 9.93. The average Bonchev–Trinajstić information content (AvgIpc) is 3.54. The summed E-state index contributed by atoms with van der Waals surface area (Å²) < 4.78 is 40.2. The van der Waals surface area contributed by atoms with Gasteiger partial charge in [0.25, 0.3) is 11.1 Å². The predicted molar refractivity (Wildman–Crippen MR) is 135 cm³/mol. The van der Waals surface area contributed by atoms with E-state index in [2.05, 4.69) is 40.7 Å². The lowest BCUT2D eigenvalue weighted by atomic mass is 9.97. The van der Waals surface area contributed by atoms with E-state index in [0.717, 1.165) is 36.7 Å². The fourth-order valence-electron chi connectivity index (χ4n) is 4.27. The number of anilines is 1. The standard InChI is InChI=1S/C24H23F3N8O2S/c25-24(26,27)16-7-18(32-19(8-16)15-11-30-31-12-15)13-28-10-14-2-5-35(6-3-14)22-29-4-1-17(33-22)9-20-21(36)34-23(37)38-20/h1,4,7-9,11-12,14,28H,2-3,5-6,10,13H2,(H,30,31)(H,34,36,37)/b20-9-. The Kier molecular flexibility index (Phi) is 7.42. The van der Waals surface area contributed by atoms with E-state index in [4.69, 9.17) is 0 Å². The van der Waals surface area contributed by atoms with Crippen molar-refractivity contribution >= 4 is 34.9 Å². The van der Waals surface area contributed by atoms with Gasteiger partial charge in [0.15, 0.2) is 0 Å². The van der Waals surface area contributed by atoms with Crippen LogP contribution in [-0.2, 0) is 17.5 Å². The molecule has 3 aromatic heterocycles. The largest absolute Gasteiger partial charge is 0.416 e. The molecule has 2 amide bonds. The third-order valence-corrected chi connectivity index (χ3v) is 7.03. The van der Waals surface area contributed by atoms with E-state index in [1.165, 1.54) is 12.4 Å². The van der Waals surface area contributed by atoms with E-state index in [0.29, 0.717) is 48.5 Å². The zero-order chi connectivity index (χ0) is 26.7. The molecule has 2 fully saturated rings. The molecule has 14 heteroatoms. The highest BCUT2D eigenvalue weighted by Crippen LogP contribution is 2.32. The number of aromatic amines is 1. The van der Waals surface area contributed by atoms with Gasteiger partial charge in [-0.25, -0.2) is 9.97 Å². The molecule has 3 N–H and O–H groups in total. The second kappa shape index (κ2) is 10.9. The minimum Gasteiger partial charge on any atom is -0.341 e. The molecule has 38 heavy (non-hydrogen) atoms. The summed E-state index contributed by atoms with van der Waals surface area (Å²) in [6.45, 7) is 2.28. The second-order valence-electron chi connectivity index (χ2n) is 8.91. The third-order valence-electron chi connectivity index (χ3n) is 6.22. The SMILES string of the molecule is O=C1NC(=O)/C(=C/c2ccnc(N3CCC(CNCc4cc(C(F)(F)F)cc(-c5cn[nH]c5)n4)CC3)n2)S1. The first kappa shape index (κ1) is 25.9. The van der Waals surface area contributed by atoms with Crippen molar-refractivity contribution in [3.63, 3.8) is 0 Å². The number of rotatable bonds is 7. The summed E-state index contributed by atoms with van der Waals surface area (Å²) in [5.74, 6) is 0.437. The van der Waals surface area contributed by atoms with E-state index in [1.54, 1.807) is 18.3 Å². The monoisotopic (exact) mass is 544 g/mol. The molecular weight excluding hydrogens is 521 g/mol. The minimum atomic E-state index is -4.47. The van der Waals surface area contributed by atoms with Gasteiger partial charge in [-0.15, -0.1) is 0 Å². The lowest BCUT2D eigenvalue weighted by molar-refractivity contribution is -0.137. The number of H-pyrrole nitrogens is 1. The minimum absolute atomic E-state index is 0.211. The van der Waals surface area contributed by atoms with Crippen LogP contribution in [0.2, 0.25) is 0 Å². The average molecular weight is 545 g/mol. The zero-order valence-electron chi connectivity index (χ0n) is 20.0. The van der Waals surface area contributed by atoms with Crippen molar-refractivity contribution in [2.75, 3.05) is 24.5 Å². The lowest BCUT2D eigenvalue weighted by Crippen LogP contribution is -2.38. The Labute approximate surface area is 219 Å². The van der Waals surface area contributed by atoms with Gasteiger partial charge in [0.2, 0.25) is 5.95 Å². The smallest absolute Gasteiger partial charge is 0.341 e. The molecule has 10 nitrogen and oxygen atoms in total. The molecule has 198 valence electrons. The Bertz CT molecular complexity index is 1350. The van der Waals surface area contributed by atoms with Crippen LogP contribution in [0.1, 0.15) is 29.8 Å². The quantitative estimate of drug-likeness (QED) is 0.382. The van der Waals surface area contributed by atoms with Crippen LogP contribution in [0.15, 0.2) is 41.7 Å². The molecule has 0 aromatic carbocycles. The number of carbonyl (C=O) groups excluding carboxylic acids is 2. The van der Waals surface area contributed by atoms with Gasteiger partial charge in [-0.05, 0) is 61.3 Å². The number of piperidine rings is 1.